The highest BCUT2D eigenvalue weighted by Gasteiger charge is 2.08. The molecule has 2 aliphatic heterocycles. The van der Waals surface area contributed by atoms with Gasteiger partial charge < -0.3 is 0 Å². The Morgan fingerprint density at radius 1 is 0.500 bits per heavy atom. The first-order chi connectivity index (χ1) is 14.9. The van der Waals surface area contributed by atoms with Crippen molar-refractivity contribution in [2.24, 2.45) is 0 Å². The highest BCUT2D eigenvalue weighted by atomic mass is 15.1. The van der Waals surface area contributed by atoms with E-state index in [1.807, 2.05) is 0 Å². The lowest BCUT2D eigenvalue weighted by Crippen LogP contribution is -2.29. The Morgan fingerprint density at radius 2 is 0.867 bits per heavy atom. The fraction of sp³-hybridized carbons (Fsp3) is 0.429. The molecular weight excluding hydrogens is 364 g/mol. The lowest BCUT2D eigenvalue weighted by Gasteiger charge is -2.23. The van der Waals surface area contributed by atoms with Gasteiger partial charge in [-0.05, 0) is 87.3 Å². The maximum atomic E-state index is 3.34. The van der Waals surface area contributed by atoms with Crippen LogP contribution in [0.15, 0.2) is 48.5 Å². The molecule has 0 bridgehead atoms. The summed E-state index contributed by atoms with van der Waals surface area (Å²) in [6, 6.07) is 17.2. The van der Waals surface area contributed by atoms with Gasteiger partial charge in [-0.1, -0.05) is 60.8 Å². The van der Waals surface area contributed by atoms with E-state index < -0.39 is 0 Å². The van der Waals surface area contributed by atoms with Crippen molar-refractivity contribution < 1.29 is 0 Å². The van der Waals surface area contributed by atoms with Crippen molar-refractivity contribution in [2.45, 2.75) is 38.5 Å². The van der Waals surface area contributed by atoms with Crippen LogP contribution in [0.3, 0.4) is 0 Å². The molecule has 0 spiro atoms. The number of benzene rings is 2. The van der Waals surface area contributed by atoms with E-state index in [4.69, 9.17) is 0 Å². The standard InChI is InChI=1S/C28H32N2/c1-3-19-29(20-4-1)23-7-9-25-11-15-27(16-12-25)28-17-13-26(14-18-28)10-8-24-30-21-5-2-6-22-30/h11-18H,1-6,19-24H2. The summed E-state index contributed by atoms with van der Waals surface area (Å²) < 4.78 is 0. The molecule has 2 heterocycles. The molecule has 4 rings (SSSR count). The predicted octanol–water partition coefficient (Wildman–Crippen LogP) is 5.03. The summed E-state index contributed by atoms with van der Waals surface area (Å²) in [5.41, 5.74) is 4.64. The number of piperidine rings is 2. The first kappa shape index (κ1) is 20.7. The fourth-order valence-electron chi connectivity index (χ4n) is 4.23. The minimum absolute atomic E-state index is 0.891. The van der Waals surface area contributed by atoms with Gasteiger partial charge in [-0.25, -0.2) is 0 Å². The zero-order valence-electron chi connectivity index (χ0n) is 18.0. The first-order valence-corrected chi connectivity index (χ1v) is 11.5. The van der Waals surface area contributed by atoms with Gasteiger partial charge in [0.1, 0.15) is 0 Å². The summed E-state index contributed by atoms with van der Waals surface area (Å²) >= 11 is 0. The van der Waals surface area contributed by atoms with Crippen LogP contribution < -0.4 is 0 Å². The number of hydrogen-bond donors (Lipinski definition) is 0. The molecule has 0 atom stereocenters. The summed E-state index contributed by atoms with van der Waals surface area (Å²) in [4.78, 5) is 4.92. The number of rotatable bonds is 3. The highest BCUT2D eigenvalue weighted by molar-refractivity contribution is 5.65. The molecule has 2 saturated heterocycles. The Hall–Kier alpha value is -2.52. The molecule has 30 heavy (non-hydrogen) atoms. The second-order valence-corrected chi connectivity index (χ2v) is 8.43. The SMILES string of the molecule is C(#Cc1ccc(-c2ccc(C#CCN3CCCCC3)cc2)cc1)CN1CCCCC1. The second-order valence-electron chi connectivity index (χ2n) is 8.43. The van der Waals surface area contributed by atoms with Gasteiger partial charge >= 0.3 is 0 Å². The van der Waals surface area contributed by atoms with E-state index in [-0.39, 0.29) is 0 Å². The molecule has 0 amide bonds. The molecule has 0 radical (unpaired) electrons. The average molecular weight is 397 g/mol. The second kappa shape index (κ2) is 11.0. The Labute approximate surface area is 182 Å². The molecule has 0 aromatic heterocycles. The smallest absolute Gasteiger partial charge is 0.0605 e. The Kier molecular flexibility index (Phi) is 7.63. The van der Waals surface area contributed by atoms with Crippen molar-refractivity contribution in [2.75, 3.05) is 39.3 Å². The molecule has 0 N–H and O–H groups in total. The van der Waals surface area contributed by atoms with E-state index in [0.717, 1.165) is 24.2 Å². The van der Waals surface area contributed by atoms with Gasteiger partial charge in [-0.2, -0.15) is 0 Å². The van der Waals surface area contributed by atoms with Gasteiger partial charge in [0.05, 0.1) is 13.1 Å². The van der Waals surface area contributed by atoms with Gasteiger partial charge in [-0.3, -0.25) is 9.80 Å². The molecule has 2 aromatic rings. The molecule has 0 unspecified atom stereocenters. The van der Waals surface area contributed by atoms with Crippen LogP contribution in [0.5, 0.6) is 0 Å². The molecule has 0 saturated carbocycles. The molecular formula is C28H32N2. The van der Waals surface area contributed by atoms with Gasteiger partial charge in [0, 0.05) is 11.1 Å². The molecule has 2 heteroatoms. The monoisotopic (exact) mass is 396 g/mol. The van der Waals surface area contributed by atoms with Gasteiger partial charge in [0.25, 0.3) is 0 Å². The first-order valence-electron chi connectivity index (χ1n) is 11.5. The zero-order chi connectivity index (χ0) is 20.4. The average Bonchev–Trinajstić information content (AvgIpc) is 2.82. The van der Waals surface area contributed by atoms with Crippen molar-refractivity contribution in [1.82, 2.24) is 9.80 Å². The third-order valence-corrected chi connectivity index (χ3v) is 6.07. The van der Waals surface area contributed by atoms with E-state index in [0.29, 0.717) is 0 Å². The molecule has 2 nitrogen and oxygen atoms in total. The van der Waals surface area contributed by atoms with Crippen LogP contribution in [0.2, 0.25) is 0 Å². The van der Waals surface area contributed by atoms with Crippen molar-refractivity contribution in [1.29, 1.82) is 0 Å². The Balaban J connectivity index is 1.31. The maximum absolute atomic E-state index is 3.34. The lowest BCUT2D eigenvalue weighted by atomic mass is 10.0. The summed E-state index contributed by atoms with van der Waals surface area (Å²) in [6.45, 7) is 6.58. The Bertz CT molecular complexity index is 828. The summed E-state index contributed by atoms with van der Waals surface area (Å²) in [7, 11) is 0. The van der Waals surface area contributed by atoms with Crippen molar-refractivity contribution in [3.05, 3.63) is 59.7 Å². The van der Waals surface area contributed by atoms with Crippen LogP contribution in [0, 0.1) is 23.7 Å². The quantitative estimate of drug-likeness (QED) is 0.672. The predicted molar refractivity (Wildman–Crippen MR) is 126 cm³/mol. The largest absolute Gasteiger partial charge is 0.292 e. The minimum atomic E-state index is 0.891. The summed E-state index contributed by atoms with van der Waals surface area (Å²) in [6.07, 6.45) is 8.02. The molecule has 0 aliphatic carbocycles. The minimum Gasteiger partial charge on any atom is -0.292 e. The van der Waals surface area contributed by atoms with E-state index in [9.17, 15) is 0 Å². The van der Waals surface area contributed by atoms with Gasteiger partial charge in [0.2, 0.25) is 0 Å². The molecule has 2 fully saturated rings. The van der Waals surface area contributed by atoms with Crippen LogP contribution >= 0.6 is 0 Å². The summed E-state index contributed by atoms with van der Waals surface area (Å²) in [5.74, 6) is 13.3. The zero-order valence-corrected chi connectivity index (χ0v) is 18.0. The number of hydrogen-bond acceptors (Lipinski definition) is 2. The van der Waals surface area contributed by atoms with Crippen LogP contribution in [-0.4, -0.2) is 49.1 Å². The summed E-state index contributed by atoms with van der Waals surface area (Å²) in [5, 5.41) is 0. The number of nitrogens with zero attached hydrogens (tertiary/aromatic N) is 2. The number of likely N-dealkylation sites (tertiary alicyclic amines) is 2. The van der Waals surface area contributed by atoms with Crippen molar-refractivity contribution >= 4 is 0 Å². The highest BCUT2D eigenvalue weighted by Crippen LogP contribution is 2.20. The topological polar surface area (TPSA) is 6.48 Å². The van der Waals surface area contributed by atoms with E-state index in [2.05, 4.69) is 82.0 Å². The van der Waals surface area contributed by atoms with Crippen LogP contribution in [0.1, 0.15) is 49.7 Å². The molecule has 2 aromatic carbocycles. The van der Waals surface area contributed by atoms with E-state index in [1.54, 1.807) is 0 Å². The molecule has 2 aliphatic rings. The van der Waals surface area contributed by atoms with E-state index >= 15 is 0 Å². The Morgan fingerprint density at radius 3 is 1.23 bits per heavy atom. The fourth-order valence-corrected chi connectivity index (χ4v) is 4.23. The van der Waals surface area contributed by atoms with Crippen LogP contribution in [-0.2, 0) is 0 Å². The normalized spacial score (nSPS) is 17.5. The van der Waals surface area contributed by atoms with Gasteiger partial charge in [0.15, 0.2) is 0 Å². The lowest BCUT2D eigenvalue weighted by molar-refractivity contribution is 0.255. The van der Waals surface area contributed by atoms with E-state index in [1.165, 1.54) is 75.8 Å². The maximum Gasteiger partial charge on any atom is 0.0605 e. The van der Waals surface area contributed by atoms with Crippen molar-refractivity contribution in [3.8, 4) is 34.8 Å². The van der Waals surface area contributed by atoms with Crippen LogP contribution in [0.4, 0.5) is 0 Å². The third-order valence-electron chi connectivity index (χ3n) is 6.07. The third kappa shape index (κ3) is 6.24. The molecule has 154 valence electrons. The van der Waals surface area contributed by atoms with Crippen LogP contribution in [0.25, 0.3) is 11.1 Å². The van der Waals surface area contributed by atoms with Gasteiger partial charge in [-0.15, -0.1) is 0 Å². The van der Waals surface area contributed by atoms with Crippen molar-refractivity contribution in [3.63, 3.8) is 0 Å².